The van der Waals surface area contributed by atoms with Crippen molar-refractivity contribution in [3.05, 3.63) is 32.3 Å². The van der Waals surface area contributed by atoms with E-state index < -0.39 is 0 Å². The molecule has 0 unspecified atom stereocenters. The summed E-state index contributed by atoms with van der Waals surface area (Å²) in [5.74, 6) is 0.549. The van der Waals surface area contributed by atoms with E-state index in [1.165, 1.54) is 21.3 Å². The number of anilines is 2. The van der Waals surface area contributed by atoms with Gasteiger partial charge in [0.25, 0.3) is 0 Å². The molecule has 0 spiro atoms. The van der Waals surface area contributed by atoms with Gasteiger partial charge in [0.15, 0.2) is 0 Å². The first kappa shape index (κ1) is 14.5. The van der Waals surface area contributed by atoms with Gasteiger partial charge < -0.3 is 11.1 Å². The van der Waals surface area contributed by atoms with Crippen LogP contribution in [0.15, 0.2) is 17.5 Å². The van der Waals surface area contributed by atoms with Gasteiger partial charge in [-0.2, -0.15) is 4.37 Å². The Morgan fingerprint density at radius 1 is 1.29 bits per heavy atom. The van der Waals surface area contributed by atoms with Crippen LogP contribution in [-0.2, 0) is 13.0 Å². The highest BCUT2D eigenvalue weighted by molar-refractivity contribution is 7.12. The molecule has 0 amide bonds. The highest BCUT2D eigenvalue weighted by atomic mass is 32.1. The van der Waals surface area contributed by atoms with Crippen LogP contribution in [0.5, 0.6) is 0 Å². The number of rotatable bonds is 5. The lowest BCUT2D eigenvalue weighted by Gasteiger charge is -2.04. The maximum atomic E-state index is 6.00. The minimum absolute atomic E-state index is 0.549. The summed E-state index contributed by atoms with van der Waals surface area (Å²) >= 11 is 4.86. The summed E-state index contributed by atoms with van der Waals surface area (Å²) in [6.45, 7) is 4.97. The molecule has 7 heteroatoms. The lowest BCUT2D eigenvalue weighted by Crippen LogP contribution is -1.98. The minimum atomic E-state index is 0.549. The average Bonchev–Trinajstić information content (AvgIpc) is 3.16. The van der Waals surface area contributed by atoms with E-state index >= 15 is 0 Å². The number of aromatic nitrogens is 2. The molecule has 0 aromatic carbocycles. The summed E-state index contributed by atoms with van der Waals surface area (Å²) in [7, 11) is 0. The van der Waals surface area contributed by atoms with Gasteiger partial charge in [-0.1, -0.05) is 6.92 Å². The van der Waals surface area contributed by atoms with E-state index in [2.05, 4.69) is 33.7 Å². The van der Waals surface area contributed by atoms with Crippen molar-refractivity contribution in [3.63, 3.8) is 0 Å². The van der Waals surface area contributed by atoms with Gasteiger partial charge in [-0.3, -0.25) is 0 Å². The van der Waals surface area contributed by atoms with Crippen LogP contribution in [0.2, 0.25) is 0 Å². The molecule has 0 aliphatic heterocycles. The van der Waals surface area contributed by atoms with Gasteiger partial charge in [0.2, 0.25) is 0 Å². The Bertz CT molecular complexity index is 741. The summed E-state index contributed by atoms with van der Waals surface area (Å²) in [4.78, 5) is 7.24. The summed E-state index contributed by atoms with van der Waals surface area (Å²) in [6.07, 6.45) is 1.08. The molecule has 0 saturated carbocycles. The number of thiophene rings is 1. The van der Waals surface area contributed by atoms with Gasteiger partial charge >= 0.3 is 0 Å². The van der Waals surface area contributed by atoms with Gasteiger partial charge in [-0.15, -0.1) is 22.7 Å². The molecule has 0 bridgehead atoms. The number of thiazole rings is 1. The van der Waals surface area contributed by atoms with Crippen LogP contribution in [-0.4, -0.2) is 9.36 Å². The van der Waals surface area contributed by atoms with Crippen molar-refractivity contribution < 1.29 is 0 Å². The molecule has 0 atom stereocenters. The molecule has 3 aromatic heterocycles. The first-order valence-electron chi connectivity index (χ1n) is 6.66. The van der Waals surface area contributed by atoms with E-state index in [1.807, 2.05) is 23.6 Å². The summed E-state index contributed by atoms with van der Waals surface area (Å²) in [6, 6.07) is 4.36. The van der Waals surface area contributed by atoms with Crippen LogP contribution in [0.3, 0.4) is 0 Å². The van der Waals surface area contributed by atoms with E-state index in [0.29, 0.717) is 5.82 Å². The van der Waals surface area contributed by atoms with Crippen molar-refractivity contribution in [2.24, 2.45) is 0 Å². The molecule has 0 radical (unpaired) electrons. The number of nitrogens with two attached hydrogens (primary N) is 1. The molecule has 0 saturated heterocycles. The zero-order valence-electron chi connectivity index (χ0n) is 11.8. The van der Waals surface area contributed by atoms with Gasteiger partial charge in [0, 0.05) is 15.1 Å². The second-order valence-corrected chi connectivity index (χ2v) is 7.69. The van der Waals surface area contributed by atoms with Crippen LogP contribution < -0.4 is 11.1 Å². The Balaban J connectivity index is 1.80. The zero-order valence-corrected chi connectivity index (χ0v) is 14.3. The second-order valence-electron chi connectivity index (χ2n) is 4.60. The smallest absolute Gasteiger partial charge is 0.148 e. The van der Waals surface area contributed by atoms with Crippen molar-refractivity contribution in [1.82, 2.24) is 9.36 Å². The van der Waals surface area contributed by atoms with Crippen LogP contribution in [0.4, 0.5) is 10.8 Å². The molecule has 4 nitrogen and oxygen atoms in total. The van der Waals surface area contributed by atoms with E-state index in [1.54, 1.807) is 11.3 Å². The number of nitrogens with one attached hydrogen (secondary N) is 1. The van der Waals surface area contributed by atoms with Gasteiger partial charge in [-0.25, -0.2) is 4.98 Å². The highest BCUT2D eigenvalue weighted by Crippen LogP contribution is 2.37. The van der Waals surface area contributed by atoms with Crippen LogP contribution in [0.25, 0.3) is 11.3 Å². The molecule has 3 rings (SSSR count). The maximum Gasteiger partial charge on any atom is 0.148 e. The standard InChI is InChI=1S/C14H16N4S3/c1-3-9-4-5-10(20-9)6-16-14-12(13(15)18-21-14)11-7-19-8(2)17-11/h4-5,7,16H,3,6H2,1-2H3,(H2,15,18). The van der Waals surface area contributed by atoms with Gasteiger partial charge in [0.05, 0.1) is 22.8 Å². The highest BCUT2D eigenvalue weighted by Gasteiger charge is 2.16. The van der Waals surface area contributed by atoms with E-state index in [4.69, 9.17) is 5.73 Å². The number of hydrogen-bond donors (Lipinski definition) is 2. The average molecular weight is 337 g/mol. The third-order valence-corrected chi connectivity index (χ3v) is 5.90. The third-order valence-electron chi connectivity index (χ3n) is 3.08. The van der Waals surface area contributed by atoms with Crippen molar-refractivity contribution in [1.29, 1.82) is 0 Å². The molecular weight excluding hydrogens is 320 g/mol. The number of aryl methyl sites for hydroxylation is 2. The number of nitrogen functional groups attached to an aromatic ring is 1. The Labute approximate surface area is 135 Å². The zero-order chi connectivity index (χ0) is 14.8. The SMILES string of the molecule is CCc1ccc(CNc2snc(N)c2-c2csc(C)n2)s1. The van der Waals surface area contributed by atoms with E-state index in [-0.39, 0.29) is 0 Å². The molecule has 3 heterocycles. The van der Waals surface area contributed by atoms with Crippen molar-refractivity contribution >= 4 is 45.0 Å². The Kier molecular flexibility index (Phi) is 4.23. The summed E-state index contributed by atoms with van der Waals surface area (Å²) in [5.41, 5.74) is 7.84. The lowest BCUT2D eigenvalue weighted by molar-refractivity contribution is 1.19. The lowest BCUT2D eigenvalue weighted by atomic mass is 10.2. The predicted octanol–water partition coefficient (Wildman–Crippen LogP) is 4.39. The van der Waals surface area contributed by atoms with Crippen LogP contribution >= 0.6 is 34.2 Å². The molecule has 0 aliphatic carbocycles. The molecule has 3 aromatic rings. The fourth-order valence-electron chi connectivity index (χ4n) is 2.02. The van der Waals surface area contributed by atoms with Gasteiger partial charge in [0.1, 0.15) is 10.8 Å². The fraction of sp³-hybridized carbons (Fsp3) is 0.286. The second kappa shape index (κ2) is 6.13. The summed E-state index contributed by atoms with van der Waals surface area (Å²) in [5, 5.41) is 7.50. The van der Waals surface area contributed by atoms with Crippen LogP contribution in [0.1, 0.15) is 21.7 Å². The first-order chi connectivity index (χ1) is 10.2. The maximum absolute atomic E-state index is 6.00. The third kappa shape index (κ3) is 3.09. The van der Waals surface area contributed by atoms with Crippen molar-refractivity contribution in [2.45, 2.75) is 26.8 Å². The largest absolute Gasteiger partial charge is 0.382 e. The van der Waals surface area contributed by atoms with Crippen LogP contribution in [0, 0.1) is 6.92 Å². The molecule has 0 aliphatic rings. The Morgan fingerprint density at radius 2 is 2.10 bits per heavy atom. The monoisotopic (exact) mass is 336 g/mol. The molecule has 3 N–H and O–H groups in total. The number of nitrogens with zero attached hydrogens (tertiary/aromatic N) is 2. The minimum Gasteiger partial charge on any atom is -0.382 e. The Morgan fingerprint density at radius 3 is 2.76 bits per heavy atom. The van der Waals surface area contributed by atoms with Crippen molar-refractivity contribution in [3.8, 4) is 11.3 Å². The molecule has 0 fully saturated rings. The quantitative estimate of drug-likeness (QED) is 0.725. The Hall–Kier alpha value is -1.44. The van der Waals surface area contributed by atoms with Crippen molar-refractivity contribution in [2.75, 3.05) is 11.1 Å². The van der Waals surface area contributed by atoms with Gasteiger partial charge in [-0.05, 0) is 37.0 Å². The van der Waals surface area contributed by atoms with E-state index in [0.717, 1.165) is 34.2 Å². The molecular formula is C14H16N4S3. The molecule has 110 valence electrons. The summed E-state index contributed by atoms with van der Waals surface area (Å²) < 4.78 is 4.26. The normalized spacial score (nSPS) is 11.0. The van der Waals surface area contributed by atoms with E-state index in [9.17, 15) is 0 Å². The molecule has 21 heavy (non-hydrogen) atoms. The number of hydrogen-bond acceptors (Lipinski definition) is 7. The fourth-order valence-corrected chi connectivity index (χ4v) is 4.24. The topological polar surface area (TPSA) is 63.8 Å². The first-order valence-corrected chi connectivity index (χ1v) is 9.13. The predicted molar refractivity (Wildman–Crippen MR) is 93.4 cm³/mol.